The summed E-state index contributed by atoms with van der Waals surface area (Å²) in [6.07, 6.45) is 0. The van der Waals surface area contributed by atoms with Crippen molar-refractivity contribution in [2.45, 2.75) is 17.0 Å². The number of hydrogen-bond donors (Lipinski definition) is 1. The number of anilines is 1. The van der Waals surface area contributed by atoms with E-state index in [4.69, 9.17) is 0 Å². The molecule has 0 fully saturated rings. The van der Waals surface area contributed by atoms with E-state index in [0.717, 1.165) is 23.8 Å². The standard InChI is InChI=1S/C17H13F2N3OS2/c1-10-4-2-3-5-13(10)15(23)20-16-21-22-17(25-16)24-9-11-8-12(18)6-7-14(11)19/h2-8H,9H2,1H3,(H,20,21,23). The van der Waals surface area contributed by atoms with Crippen molar-refractivity contribution in [2.75, 3.05) is 5.32 Å². The van der Waals surface area contributed by atoms with E-state index in [-0.39, 0.29) is 17.2 Å². The highest BCUT2D eigenvalue weighted by atomic mass is 32.2. The number of nitrogens with one attached hydrogen (secondary N) is 1. The van der Waals surface area contributed by atoms with Gasteiger partial charge in [0.25, 0.3) is 5.91 Å². The van der Waals surface area contributed by atoms with Gasteiger partial charge in [0.1, 0.15) is 11.6 Å². The largest absolute Gasteiger partial charge is 0.296 e. The van der Waals surface area contributed by atoms with Crippen molar-refractivity contribution in [3.8, 4) is 0 Å². The van der Waals surface area contributed by atoms with Crippen LogP contribution >= 0.6 is 23.1 Å². The second-order valence-corrected chi connectivity index (χ2v) is 7.37. The number of amides is 1. The molecule has 128 valence electrons. The van der Waals surface area contributed by atoms with Crippen LogP contribution in [0.5, 0.6) is 0 Å². The first-order valence-electron chi connectivity index (χ1n) is 7.30. The Balaban J connectivity index is 1.64. The van der Waals surface area contributed by atoms with Crippen molar-refractivity contribution in [1.29, 1.82) is 0 Å². The molecule has 0 saturated carbocycles. The second kappa shape index (κ2) is 7.71. The molecule has 1 N–H and O–H groups in total. The highest BCUT2D eigenvalue weighted by Crippen LogP contribution is 2.29. The lowest BCUT2D eigenvalue weighted by Gasteiger charge is -2.03. The van der Waals surface area contributed by atoms with Gasteiger partial charge in [-0.2, -0.15) is 0 Å². The highest BCUT2D eigenvalue weighted by molar-refractivity contribution is 8.00. The maximum atomic E-state index is 13.6. The maximum Gasteiger partial charge on any atom is 0.257 e. The van der Waals surface area contributed by atoms with Crippen LogP contribution in [-0.2, 0) is 5.75 Å². The Kier molecular flexibility index (Phi) is 5.40. The summed E-state index contributed by atoms with van der Waals surface area (Å²) in [7, 11) is 0. The fraction of sp³-hybridized carbons (Fsp3) is 0.118. The molecule has 0 bridgehead atoms. The van der Waals surface area contributed by atoms with Crippen LogP contribution < -0.4 is 5.32 Å². The molecule has 2 aromatic carbocycles. The van der Waals surface area contributed by atoms with Crippen LogP contribution in [0.4, 0.5) is 13.9 Å². The fourth-order valence-electron chi connectivity index (χ4n) is 2.10. The van der Waals surface area contributed by atoms with Crippen molar-refractivity contribution < 1.29 is 13.6 Å². The van der Waals surface area contributed by atoms with Crippen molar-refractivity contribution in [3.05, 3.63) is 70.8 Å². The van der Waals surface area contributed by atoms with Crippen LogP contribution in [0.3, 0.4) is 0 Å². The minimum absolute atomic E-state index is 0.226. The number of halogens is 2. The summed E-state index contributed by atoms with van der Waals surface area (Å²) in [5.41, 5.74) is 1.68. The van der Waals surface area contributed by atoms with Gasteiger partial charge in [-0.05, 0) is 36.8 Å². The summed E-state index contributed by atoms with van der Waals surface area (Å²) in [6, 6.07) is 10.6. The summed E-state index contributed by atoms with van der Waals surface area (Å²) in [6.45, 7) is 1.85. The summed E-state index contributed by atoms with van der Waals surface area (Å²) in [4.78, 5) is 12.2. The first kappa shape index (κ1) is 17.5. The van der Waals surface area contributed by atoms with Crippen molar-refractivity contribution in [3.63, 3.8) is 0 Å². The number of aromatic nitrogens is 2. The third-order valence-corrected chi connectivity index (χ3v) is 5.40. The second-order valence-electron chi connectivity index (χ2n) is 5.17. The molecule has 0 radical (unpaired) electrons. The molecule has 1 heterocycles. The Hall–Kier alpha value is -2.32. The van der Waals surface area contributed by atoms with E-state index in [1.165, 1.54) is 23.1 Å². The number of hydrogen-bond acceptors (Lipinski definition) is 5. The zero-order valence-electron chi connectivity index (χ0n) is 13.1. The molecule has 1 aromatic heterocycles. The summed E-state index contributed by atoms with van der Waals surface area (Å²) in [5.74, 6) is -0.988. The molecule has 8 heteroatoms. The lowest BCUT2D eigenvalue weighted by atomic mass is 10.1. The van der Waals surface area contributed by atoms with Crippen molar-refractivity contribution in [2.24, 2.45) is 0 Å². The molecule has 4 nitrogen and oxygen atoms in total. The highest BCUT2D eigenvalue weighted by Gasteiger charge is 2.13. The number of thioether (sulfide) groups is 1. The third-order valence-electron chi connectivity index (χ3n) is 3.38. The minimum Gasteiger partial charge on any atom is -0.296 e. The SMILES string of the molecule is Cc1ccccc1C(=O)Nc1nnc(SCc2cc(F)ccc2F)s1. The van der Waals surface area contributed by atoms with Gasteiger partial charge in [-0.1, -0.05) is 41.3 Å². The molecule has 0 aliphatic rings. The molecule has 0 saturated heterocycles. The van der Waals surface area contributed by atoms with E-state index < -0.39 is 11.6 Å². The number of rotatable bonds is 5. The quantitative estimate of drug-likeness (QED) is 0.519. The Bertz CT molecular complexity index is 914. The van der Waals surface area contributed by atoms with Crippen LogP contribution in [0.2, 0.25) is 0 Å². The lowest BCUT2D eigenvalue weighted by Crippen LogP contribution is -2.12. The zero-order valence-corrected chi connectivity index (χ0v) is 14.8. The zero-order chi connectivity index (χ0) is 17.8. The van der Waals surface area contributed by atoms with Crippen LogP contribution in [0, 0.1) is 18.6 Å². The number of nitrogens with zero attached hydrogens (tertiary/aromatic N) is 2. The minimum atomic E-state index is -0.486. The normalized spacial score (nSPS) is 10.7. The average molecular weight is 377 g/mol. The molecule has 0 aliphatic heterocycles. The average Bonchev–Trinajstić information content (AvgIpc) is 3.03. The summed E-state index contributed by atoms with van der Waals surface area (Å²) in [5, 5.41) is 10.9. The summed E-state index contributed by atoms with van der Waals surface area (Å²) < 4.78 is 27.3. The Morgan fingerprint density at radius 2 is 2.00 bits per heavy atom. The Labute approximate surface area is 151 Å². The van der Waals surface area contributed by atoms with Crippen LogP contribution in [-0.4, -0.2) is 16.1 Å². The molecule has 0 spiro atoms. The molecule has 3 rings (SSSR count). The Morgan fingerprint density at radius 3 is 2.80 bits per heavy atom. The van der Waals surface area contributed by atoms with E-state index in [9.17, 15) is 13.6 Å². The van der Waals surface area contributed by atoms with E-state index in [0.29, 0.717) is 15.0 Å². The number of aryl methyl sites for hydroxylation is 1. The monoisotopic (exact) mass is 377 g/mol. The van der Waals surface area contributed by atoms with Gasteiger partial charge in [0.05, 0.1) is 0 Å². The lowest BCUT2D eigenvalue weighted by molar-refractivity contribution is 0.102. The fourth-order valence-corrected chi connectivity index (χ4v) is 3.82. The van der Waals surface area contributed by atoms with E-state index >= 15 is 0 Å². The molecule has 25 heavy (non-hydrogen) atoms. The molecule has 0 atom stereocenters. The molecule has 0 unspecified atom stereocenters. The van der Waals surface area contributed by atoms with Gasteiger partial charge in [0.15, 0.2) is 4.34 Å². The van der Waals surface area contributed by atoms with Crippen LogP contribution in [0.1, 0.15) is 21.5 Å². The van der Waals surface area contributed by atoms with Gasteiger partial charge in [-0.25, -0.2) is 8.78 Å². The molecule has 1 amide bonds. The molecular weight excluding hydrogens is 364 g/mol. The molecular formula is C17H13F2N3OS2. The number of carbonyl (C=O) groups is 1. The number of benzene rings is 2. The maximum absolute atomic E-state index is 13.6. The summed E-state index contributed by atoms with van der Waals surface area (Å²) >= 11 is 2.41. The Morgan fingerprint density at radius 1 is 1.20 bits per heavy atom. The van der Waals surface area contributed by atoms with Crippen molar-refractivity contribution in [1.82, 2.24) is 10.2 Å². The van der Waals surface area contributed by atoms with E-state index in [1.807, 2.05) is 19.1 Å². The first-order chi connectivity index (χ1) is 12.0. The van der Waals surface area contributed by atoms with Gasteiger partial charge in [-0.3, -0.25) is 10.1 Å². The van der Waals surface area contributed by atoms with Gasteiger partial charge < -0.3 is 0 Å². The predicted octanol–water partition coefficient (Wildman–Crippen LogP) is 4.67. The first-order valence-corrected chi connectivity index (χ1v) is 9.10. The van der Waals surface area contributed by atoms with Gasteiger partial charge in [0, 0.05) is 16.9 Å². The van der Waals surface area contributed by atoms with Crippen LogP contribution in [0.25, 0.3) is 0 Å². The molecule has 0 aliphatic carbocycles. The van der Waals surface area contributed by atoms with E-state index in [2.05, 4.69) is 15.5 Å². The van der Waals surface area contributed by atoms with Gasteiger partial charge in [-0.15, -0.1) is 10.2 Å². The smallest absolute Gasteiger partial charge is 0.257 e. The predicted molar refractivity (Wildman–Crippen MR) is 95.0 cm³/mol. The third kappa shape index (κ3) is 4.40. The number of carbonyl (C=O) groups excluding carboxylic acids is 1. The van der Waals surface area contributed by atoms with Crippen molar-refractivity contribution >= 4 is 34.1 Å². The molecule has 3 aromatic rings. The van der Waals surface area contributed by atoms with Gasteiger partial charge >= 0.3 is 0 Å². The van der Waals surface area contributed by atoms with Gasteiger partial charge in [0.2, 0.25) is 5.13 Å². The van der Waals surface area contributed by atoms with E-state index in [1.54, 1.807) is 12.1 Å². The van der Waals surface area contributed by atoms with Crippen LogP contribution in [0.15, 0.2) is 46.8 Å². The topological polar surface area (TPSA) is 54.9 Å².